The van der Waals surface area contributed by atoms with Gasteiger partial charge in [-0.05, 0) is 30.7 Å². The topological polar surface area (TPSA) is 68.9 Å². The van der Waals surface area contributed by atoms with Gasteiger partial charge in [-0.15, -0.1) is 28.3 Å². The highest BCUT2D eigenvalue weighted by Crippen LogP contribution is 2.29. The fourth-order valence-corrected chi connectivity index (χ4v) is 3.12. The van der Waals surface area contributed by atoms with Crippen LogP contribution in [-0.4, -0.2) is 14.9 Å². The molecule has 0 aliphatic heterocycles. The third-order valence-electron chi connectivity index (χ3n) is 3.45. The molecule has 0 spiro atoms. The number of nitro groups is 1. The van der Waals surface area contributed by atoms with Crippen molar-refractivity contribution in [2.24, 2.45) is 0 Å². The predicted molar refractivity (Wildman–Crippen MR) is 102 cm³/mol. The molecule has 0 N–H and O–H groups in total. The van der Waals surface area contributed by atoms with E-state index in [1.165, 1.54) is 12.1 Å². The molecule has 0 amide bonds. The van der Waals surface area contributed by atoms with Crippen LogP contribution in [0.2, 0.25) is 0 Å². The zero-order chi connectivity index (χ0) is 16.2. The summed E-state index contributed by atoms with van der Waals surface area (Å²) >= 11 is 1.56. The summed E-state index contributed by atoms with van der Waals surface area (Å²) < 4.78 is 0. The number of aryl methyl sites for hydroxylation is 1. The Morgan fingerprint density at radius 3 is 2.58 bits per heavy atom. The zero-order valence-electron chi connectivity index (χ0n) is 13.0. The lowest BCUT2D eigenvalue weighted by Crippen LogP contribution is -1.89. The van der Waals surface area contributed by atoms with Crippen LogP contribution < -0.4 is 0 Å². The van der Waals surface area contributed by atoms with Crippen molar-refractivity contribution < 1.29 is 4.92 Å². The molecule has 3 aromatic rings. The van der Waals surface area contributed by atoms with E-state index in [0.717, 1.165) is 40.4 Å². The van der Waals surface area contributed by atoms with Crippen molar-refractivity contribution in [1.29, 1.82) is 0 Å². The first-order valence-corrected chi connectivity index (χ1v) is 8.21. The highest BCUT2D eigenvalue weighted by Gasteiger charge is 2.10. The van der Waals surface area contributed by atoms with Crippen LogP contribution in [0.4, 0.5) is 5.69 Å². The van der Waals surface area contributed by atoms with Crippen molar-refractivity contribution in [3.05, 3.63) is 63.8 Å². The minimum atomic E-state index is -0.400. The third kappa shape index (κ3) is 4.04. The Labute approximate surface area is 154 Å². The molecule has 5 nitrogen and oxygen atoms in total. The second-order valence-electron chi connectivity index (χ2n) is 5.13. The summed E-state index contributed by atoms with van der Waals surface area (Å²) in [4.78, 5) is 19.3. The molecule has 2 aromatic heterocycles. The monoisotopic (exact) mass is 405 g/mol. The maximum atomic E-state index is 10.7. The molecule has 0 unspecified atom stereocenters. The minimum absolute atomic E-state index is 0. The molecule has 1 aromatic carbocycles. The summed E-state index contributed by atoms with van der Waals surface area (Å²) in [5.41, 5.74) is 3.91. The first-order valence-electron chi connectivity index (χ1n) is 7.33. The highest BCUT2D eigenvalue weighted by atomic mass is 79.9. The number of pyridine rings is 1. The molecule has 2 heterocycles. The van der Waals surface area contributed by atoms with Gasteiger partial charge in [0.1, 0.15) is 5.01 Å². The quantitative estimate of drug-likeness (QED) is 0.425. The maximum absolute atomic E-state index is 10.7. The molecule has 0 saturated heterocycles. The van der Waals surface area contributed by atoms with Crippen LogP contribution in [0.1, 0.15) is 19.0 Å². The molecule has 0 saturated carbocycles. The van der Waals surface area contributed by atoms with E-state index in [2.05, 4.69) is 23.0 Å². The molecule has 7 heteroatoms. The van der Waals surface area contributed by atoms with Crippen molar-refractivity contribution in [2.45, 2.75) is 19.8 Å². The van der Waals surface area contributed by atoms with Crippen LogP contribution in [0, 0.1) is 10.1 Å². The van der Waals surface area contributed by atoms with Gasteiger partial charge in [0.25, 0.3) is 5.69 Å². The second kappa shape index (κ2) is 8.12. The van der Waals surface area contributed by atoms with E-state index in [1.807, 2.05) is 17.6 Å². The van der Waals surface area contributed by atoms with Crippen molar-refractivity contribution in [1.82, 2.24) is 9.97 Å². The molecule has 0 aliphatic carbocycles. The number of thiazole rings is 1. The number of benzene rings is 1. The smallest absolute Gasteiger partial charge is 0.261 e. The normalized spacial score (nSPS) is 10.2. The molecule has 24 heavy (non-hydrogen) atoms. The molecule has 3 rings (SSSR count). The Kier molecular flexibility index (Phi) is 6.16. The van der Waals surface area contributed by atoms with E-state index in [1.54, 1.807) is 23.5 Å². The summed E-state index contributed by atoms with van der Waals surface area (Å²) in [7, 11) is 0. The summed E-state index contributed by atoms with van der Waals surface area (Å²) in [5.74, 6) is 0. The van der Waals surface area contributed by atoms with E-state index >= 15 is 0 Å². The lowest BCUT2D eigenvalue weighted by atomic mass is 10.1. The third-order valence-corrected chi connectivity index (χ3v) is 4.34. The van der Waals surface area contributed by atoms with Gasteiger partial charge in [-0.3, -0.25) is 15.1 Å². The zero-order valence-corrected chi connectivity index (χ0v) is 15.5. The van der Waals surface area contributed by atoms with E-state index in [-0.39, 0.29) is 22.7 Å². The van der Waals surface area contributed by atoms with E-state index in [4.69, 9.17) is 0 Å². The molecule has 0 bridgehead atoms. The number of hydrogen-bond acceptors (Lipinski definition) is 5. The number of aromatic nitrogens is 2. The highest BCUT2D eigenvalue weighted by molar-refractivity contribution is 8.93. The molecule has 0 fully saturated rings. The fourth-order valence-electron chi connectivity index (χ4n) is 2.30. The van der Waals surface area contributed by atoms with Crippen LogP contribution in [0.25, 0.3) is 21.8 Å². The molecular formula is C17H16BrN3O2S. The summed E-state index contributed by atoms with van der Waals surface area (Å²) in [6, 6.07) is 10.5. The number of halogens is 1. The molecule has 0 aliphatic rings. The van der Waals surface area contributed by atoms with Crippen LogP contribution in [0.3, 0.4) is 0 Å². The van der Waals surface area contributed by atoms with Crippen molar-refractivity contribution in [3.8, 4) is 21.8 Å². The van der Waals surface area contributed by atoms with Gasteiger partial charge < -0.3 is 0 Å². The fraction of sp³-hybridized carbons (Fsp3) is 0.176. The molecular weight excluding hydrogens is 390 g/mol. The Hall–Kier alpha value is -2.12. The minimum Gasteiger partial charge on any atom is -0.261 e. The van der Waals surface area contributed by atoms with Crippen LogP contribution in [0.5, 0.6) is 0 Å². The first kappa shape index (κ1) is 18.2. The van der Waals surface area contributed by atoms with Crippen LogP contribution >= 0.6 is 28.3 Å². The van der Waals surface area contributed by atoms with Crippen molar-refractivity contribution in [2.75, 3.05) is 0 Å². The van der Waals surface area contributed by atoms with Crippen molar-refractivity contribution in [3.63, 3.8) is 0 Å². The van der Waals surface area contributed by atoms with Crippen LogP contribution in [0.15, 0.2) is 48.0 Å². The van der Waals surface area contributed by atoms with Gasteiger partial charge in [0.15, 0.2) is 0 Å². The molecule has 0 radical (unpaired) electrons. The van der Waals surface area contributed by atoms with Crippen LogP contribution in [-0.2, 0) is 6.42 Å². The number of non-ortho nitro benzene ring substituents is 1. The lowest BCUT2D eigenvalue weighted by Gasteiger charge is -2.00. The number of nitrogens with zero attached hydrogens (tertiary/aromatic N) is 3. The molecule has 0 atom stereocenters. The summed E-state index contributed by atoms with van der Waals surface area (Å²) in [6.07, 6.45) is 3.82. The van der Waals surface area contributed by atoms with E-state index < -0.39 is 4.92 Å². The van der Waals surface area contributed by atoms with Gasteiger partial charge in [-0.1, -0.05) is 13.3 Å². The van der Waals surface area contributed by atoms with Gasteiger partial charge >= 0.3 is 0 Å². The second-order valence-corrected chi connectivity index (χ2v) is 5.99. The average Bonchev–Trinajstić information content (AvgIpc) is 3.05. The Balaban J connectivity index is 0.00000208. The standard InChI is InChI=1S/C17H15N3O2S.BrH/c1-2-3-14-10-13(8-9-18-14)17-19-16(11-23-17)12-4-6-15(7-5-12)20(21)22;/h4-11H,2-3H2,1H3;1H. The lowest BCUT2D eigenvalue weighted by molar-refractivity contribution is -0.384. The van der Waals surface area contributed by atoms with Gasteiger partial charge in [-0.25, -0.2) is 4.98 Å². The Bertz CT molecular complexity index is 834. The van der Waals surface area contributed by atoms with Crippen molar-refractivity contribution >= 4 is 34.0 Å². The molecule has 124 valence electrons. The van der Waals surface area contributed by atoms with E-state index in [9.17, 15) is 10.1 Å². The summed E-state index contributed by atoms with van der Waals surface area (Å²) in [6.45, 7) is 2.13. The maximum Gasteiger partial charge on any atom is 0.269 e. The van der Waals surface area contributed by atoms with E-state index in [0.29, 0.717) is 0 Å². The Morgan fingerprint density at radius 2 is 1.92 bits per heavy atom. The van der Waals surface area contributed by atoms with Gasteiger partial charge in [-0.2, -0.15) is 0 Å². The Morgan fingerprint density at radius 1 is 1.17 bits per heavy atom. The predicted octanol–water partition coefficient (Wildman–Crippen LogP) is 5.31. The number of nitro benzene ring substituents is 1. The van der Waals surface area contributed by atoms with Gasteiger partial charge in [0, 0.05) is 40.5 Å². The average molecular weight is 406 g/mol. The van der Waals surface area contributed by atoms with Gasteiger partial charge in [0.2, 0.25) is 0 Å². The summed E-state index contributed by atoms with van der Waals surface area (Å²) in [5, 5.41) is 13.6. The largest absolute Gasteiger partial charge is 0.269 e. The first-order chi connectivity index (χ1) is 11.2. The SMILES string of the molecule is Br.CCCc1cc(-c2nc(-c3ccc([N+](=O)[O-])cc3)cs2)ccn1. The van der Waals surface area contributed by atoms with Gasteiger partial charge in [0.05, 0.1) is 10.6 Å². The number of hydrogen-bond donors (Lipinski definition) is 0. The number of rotatable bonds is 5.